The van der Waals surface area contributed by atoms with Gasteiger partial charge in [0, 0.05) is 37.3 Å². The van der Waals surface area contributed by atoms with Gasteiger partial charge in [0.15, 0.2) is 4.77 Å². The van der Waals surface area contributed by atoms with Crippen molar-refractivity contribution in [2.24, 2.45) is 0 Å². The number of H-pyrrole nitrogens is 2. The van der Waals surface area contributed by atoms with Crippen molar-refractivity contribution < 1.29 is 17.6 Å². The zero-order valence-electron chi connectivity index (χ0n) is 12.3. The summed E-state index contributed by atoms with van der Waals surface area (Å²) >= 11 is 4.90. The van der Waals surface area contributed by atoms with Crippen LogP contribution in [0.3, 0.4) is 0 Å². The summed E-state index contributed by atoms with van der Waals surface area (Å²) < 4.78 is 52.7. The monoisotopic (exact) mass is 359 g/mol. The second-order valence-corrected chi connectivity index (χ2v) is 6.01. The number of fused-ring (bicyclic) bond motifs is 1. The van der Waals surface area contributed by atoms with Crippen LogP contribution in [0.4, 0.5) is 17.6 Å². The van der Waals surface area contributed by atoms with Gasteiger partial charge in [-0.2, -0.15) is 13.2 Å². The lowest BCUT2D eigenvalue weighted by molar-refractivity contribution is -0.140. The van der Waals surface area contributed by atoms with Crippen molar-refractivity contribution in [3.8, 4) is 0 Å². The molecule has 128 valence electrons. The highest BCUT2D eigenvalue weighted by atomic mass is 32.1. The summed E-state index contributed by atoms with van der Waals surface area (Å²) in [6.07, 6.45) is -4.25. The smallest absolute Gasteiger partial charge is 0.335 e. The Bertz CT molecular complexity index is 888. The van der Waals surface area contributed by atoms with Crippen LogP contribution in [0.15, 0.2) is 23.0 Å². The summed E-state index contributed by atoms with van der Waals surface area (Å²) in [6, 6.07) is 3.22. The Morgan fingerprint density at radius 2 is 2.00 bits per heavy atom. The molecule has 1 aliphatic heterocycles. The van der Waals surface area contributed by atoms with Gasteiger partial charge in [-0.05, 0) is 18.3 Å². The molecule has 9 heteroatoms. The number of hydrogen-bond acceptors (Lipinski definition) is 3. The van der Waals surface area contributed by atoms with Crippen LogP contribution in [-0.2, 0) is 25.7 Å². The van der Waals surface area contributed by atoms with Crippen molar-refractivity contribution in [1.29, 1.82) is 0 Å². The minimum absolute atomic E-state index is 0.00966. The zero-order chi connectivity index (χ0) is 17.5. The predicted octanol–water partition coefficient (Wildman–Crippen LogP) is 3.15. The summed E-state index contributed by atoms with van der Waals surface area (Å²) in [4.78, 5) is 19.1. The van der Waals surface area contributed by atoms with E-state index >= 15 is 0 Å². The first kappa shape index (κ1) is 16.8. The molecule has 0 spiro atoms. The molecule has 0 unspecified atom stereocenters. The number of hydrogen-bond donors (Lipinski definition) is 2. The molecule has 0 amide bonds. The second kappa shape index (κ2) is 6.14. The molecular formula is C15H13F4N3OS. The molecule has 0 fully saturated rings. The van der Waals surface area contributed by atoms with Crippen LogP contribution in [-0.4, -0.2) is 21.4 Å². The zero-order valence-corrected chi connectivity index (χ0v) is 13.2. The van der Waals surface area contributed by atoms with Crippen LogP contribution < -0.4 is 5.56 Å². The van der Waals surface area contributed by atoms with Crippen LogP contribution in [0.25, 0.3) is 0 Å². The van der Waals surface area contributed by atoms with Gasteiger partial charge in [0.05, 0.1) is 11.1 Å². The summed E-state index contributed by atoms with van der Waals surface area (Å²) in [5.41, 5.74) is -0.470. The maximum atomic E-state index is 14.1. The SMILES string of the molecule is O=c1[nH]c(=S)[nH]c2c1CN(Cc1cccc(C(F)(F)F)c1F)CC2. The van der Waals surface area contributed by atoms with E-state index in [2.05, 4.69) is 9.97 Å². The van der Waals surface area contributed by atoms with E-state index in [1.807, 2.05) is 0 Å². The number of alkyl halides is 3. The Hall–Kier alpha value is -2.00. The minimum Gasteiger partial charge on any atom is -0.335 e. The van der Waals surface area contributed by atoms with Gasteiger partial charge in [-0.25, -0.2) is 4.39 Å². The number of halogens is 4. The van der Waals surface area contributed by atoms with Crippen molar-refractivity contribution in [2.45, 2.75) is 25.7 Å². The summed E-state index contributed by atoms with van der Waals surface area (Å²) in [5, 5.41) is 0. The fourth-order valence-electron chi connectivity index (χ4n) is 2.81. The standard InChI is InChI=1S/C15H13F4N3OS/c16-12-8(2-1-3-10(12)15(17,18)19)6-22-5-4-11-9(7-22)13(23)21-14(24)20-11/h1-3H,4-7H2,(H2,20,21,23,24). The van der Waals surface area contributed by atoms with E-state index in [-0.39, 0.29) is 29.0 Å². The first-order chi connectivity index (χ1) is 11.3. The summed E-state index contributed by atoms with van der Waals surface area (Å²) in [6.45, 7) is 0.689. The molecular weight excluding hydrogens is 346 g/mol. The molecule has 0 aliphatic carbocycles. The lowest BCUT2D eigenvalue weighted by Gasteiger charge is -2.28. The van der Waals surface area contributed by atoms with Gasteiger partial charge in [-0.15, -0.1) is 0 Å². The molecule has 2 aromatic rings. The van der Waals surface area contributed by atoms with E-state index in [1.54, 1.807) is 4.90 Å². The van der Waals surface area contributed by atoms with Crippen molar-refractivity contribution in [3.05, 3.63) is 61.5 Å². The fraction of sp³-hybridized carbons (Fsp3) is 0.333. The van der Waals surface area contributed by atoms with Crippen LogP contribution in [0.1, 0.15) is 22.4 Å². The highest BCUT2D eigenvalue weighted by Gasteiger charge is 2.35. The molecule has 24 heavy (non-hydrogen) atoms. The number of aromatic amines is 2. The molecule has 0 bridgehead atoms. The highest BCUT2D eigenvalue weighted by molar-refractivity contribution is 7.71. The third kappa shape index (κ3) is 3.27. The molecule has 0 atom stereocenters. The van der Waals surface area contributed by atoms with Gasteiger partial charge in [-0.1, -0.05) is 12.1 Å². The molecule has 3 rings (SSSR count). The molecule has 4 nitrogen and oxygen atoms in total. The molecule has 0 radical (unpaired) electrons. The van der Waals surface area contributed by atoms with Crippen molar-refractivity contribution in [1.82, 2.24) is 14.9 Å². The van der Waals surface area contributed by atoms with E-state index in [0.717, 1.165) is 6.07 Å². The van der Waals surface area contributed by atoms with Gasteiger partial charge < -0.3 is 4.98 Å². The lowest BCUT2D eigenvalue weighted by atomic mass is 10.0. The van der Waals surface area contributed by atoms with Gasteiger partial charge in [0.1, 0.15) is 5.82 Å². The lowest BCUT2D eigenvalue weighted by Crippen LogP contribution is -2.35. The van der Waals surface area contributed by atoms with Gasteiger partial charge >= 0.3 is 6.18 Å². The van der Waals surface area contributed by atoms with Gasteiger partial charge in [0.25, 0.3) is 5.56 Å². The minimum atomic E-state index is -4.74. The number of nitrogens with zero attached hydrogens (tertiary/aromatic N) is 1. The highest BCUT2D eigenvalue weighted by Crippen LogP contribution is 2.32. The molecule has 0 saturated heterocycles. The quantitative estimate of drug-likeness (QED) is 0.640. The normalized spacial score (nSPS) is 15.3. The topological polar surface area (TPSA) is 51.9 Å². The number of rotatable bonds is 2. The number of aromatic nitrogens is 2. The van der Waals surface area contributed by atoms with Crippen molar-refractivity contribution in [3.63, 3.8) is 0 Å². The van der Waals surface area contributed by atoms with Crippen LogP contribution in [0, 0.1) is 10.6 Å². The Labute approximate surface area is 139 Å². The molecule has 2 N–H and O–H groups in total. The first-order valence-electron chi connectivity index (χ1n) is 7.17. The third-order valence-electron chi connectivity index (χ3n) is 3.97. The van der Waals surface area contributed by atoms with E-state index in [4.69, 9.17) is 12.2 Å². The third-order valence-corrected chi connectivity index (χ3v) is 4.17. The fourth-order valence-corrected chi connectivity index (χ4v) is 3.03. The first-order valence-corrected chi connectivity index (χ1v) is 7.58. The molecule has 1 aliphatic rings. The van der Waals surface area contributed by atoms with Crippen LogP contribution >= 0.6 is 12.2 Å². The van der Waals surface area contributed by atoms with Crippen LogP contribution in [0.2, 0.25) is 0 Å². The van der Waals surface area contributed by atoms with Gasteiger partial charge in [0.2, 0.25) is 0 Å². The van der Waals surface area contributed by atoms with E-state index in [1.165, 1.54) is 12.1 Å². The maximum Gasteiger partial charge on any atom is 0.419 e. The van der Waals surface area contributed by atoms with E-state index in [9.17, 15) is 22.4 Å². The molecule has 1 aromatic heterocycles. The van der Waals surface area contributed by atoms with Gasteiger partial charge in [-0.3, -0.25) is 14.7 Å². The number of benzene rings is 1. The molecule has 0 saturated carbocycles. The van der Waals surface area contributed by atoms with E-state index < -0.39 is 17.6 Å². The Morgan fingerprint density at radius 1 is 1.25 bits per heavy atom. The largest absolute Gasteiger partial charge is 0.419 e. The van der Waals surface area contributed by atoms with Crippen LogP contribution in [0.5, 0.6) is 0 Å². The van der Waals surface area contributed by atoms with E-state index in [0.29, 0.717) is 24.2 Å². The predicted molar refractivity (Wildman–Crippen MR) is 81.5 cm³/mol. The van der Waals surface area contributed by atoms with Crippen molar-refractivity contribution in [2.75, 3.05) is 6.54 Å². The van der Waals surface area contributed by atoms with Crippen molar-refractivity contribution >= 4 is 12.2 Å². The molecule has 1 aromatic carbocycles. The average Bonchev–Trinajstić information content (AvgIpc) is 2.48. The Morgan fingerprint density at radius 3 is 2.71 bits per heavy atom. The maximum absolute atomic E-state index is 14.1. The summed E-state index contributed by atoms with van der Waals surface area (Å²) in [5.74, 6) is -1.27. The second-order valence-electron chi connectivity index (χ2n) is 5.60. The number of nitrogens with one attached hydrogen (secondary N) is 2. The summed E-state index contributed by atoms with van der Waals surface area (Å²) in [7, 11) is 0. The average molecular weight is 359 g/mol. The molecule has 2 heterocycles. The Kier molecular flexibility index (Phi) is 4.31. The Balaban J connectivity index is 1.86.